The summed E-state index contributed by atoms with van der Waals surface area (Å²) in [5.41, 5.74) is 3.82. The van der Waals surface area contributed by atoms with Crippen molar-refractivity contribution in [3.63, 3.8) is 0 Å². The highest BCUT2D eigenvalue weighted by atomic mass is 31.2. The smallest absolute Gasteiger partial charge is 0.266 e. The van der Waals surface area contributed by atoms with Crippen molar-refractivity contribution in [2.24, 2.45) is 5.90 Å². The maximum atomic E-state index is 12.7. The first-order valence-corrected chi connectivity index (χ1v) is 26.3. The third-order valence-corrected chi connectivity index (χ3v) is 14.2. The minimum atomic E-state index is -5.73. The SMILES string of the molecule is CCC1O[C@@H](OC2[C@@H](OCC3O[C@H](OCC4O[C@@H](OCC(=O)NNC(=O)CON)C(O)[C@@H](O[C@@H]5OC(CO)[C@@H](O)[C@H](O)C5O[C@H]5OC(COP(=O)([O-])[O-])[C@@H](O)[C@H](O)C5O)[C@@H]4O)C(O)[C@@H](O)[C@@H]3O)OC(CO)[C@@H](O)[C@@H]2O)C(O)[C@@H](O)[C@@H]1O. The van der Waals surface area contributed by atoms with E-state index in [9.17, 15) is 111 Å². The number of amides is 2. The van der Waals surface area contributed by atoms with Gasteiger partial charge in [0.15, 0.2) is 37.7 Å². The van der Waals surface area contributed by atoms with E-state index in [0.29, 0.717) is 0 Å². The van der Waals surface area contributed by atoms with Crippen LogP contribution in [0.15, 0.2) is 0 Å². The van der Waals surface area contributed by atoms with Crippen LogP contribution in [-0.2, 0) is 80.4 Å². The van der Waals surface area contributed by atoms with Gasteiger partial charge in [-0.2, -0.15) is 0 Å². The van der Waals surface area contributed by atoms with Gasteiger partial charge in [-0.25, -0.2) is 5.90 Å². The molecule has 81 heavy (non-hydrogen) atoms. The number of aliphatic hydroxyl groups is 17. The predicted octanol–water partition coefficient (Wildman–Crippen LogP) is -15.8. The Hall–Kier alpha value is -2.19. The first kappa shape index (κ1) is 67.9. The number of hydrogen-bond donors (Lipinski definition) is 20. The van der Waals surface area contributed by atoms with E-state index in [1.807, 2.05) is 10.9 Å². The molecule has 6 saturated heterocycles. The molecule has 6 heterocycles. The van der Waals surface area contributed by atoms with E-state index in [0.717, 1.165) is 0 Å². The van der Waals surface area contributed by atoms with Gasteiger partial charge >= 0.3 is 0 Å². The summed E-state index contributed by atoms with van der Waals surface area (Å²) in [6.45, 7) is -5.37. The minimum Gasteiger partial charge on any atom is -0.790 e. The number of hydrogen-bond acceptors (Lipinski definition) is 37. The maximum Gasteiger partial charge on any atom is 0.266 e. The molecule has 39 nitrogen and oxygen atoms in total. The van der Waals surface area contributed by atoms with E-state index in [1.165, 1.54) is 0 Å². The number of phosphoric acid groups is 1. The summed E-state index contributed by atoms with van der Waals surface area (Å²) in [6, 6.07) is 0. The molecular formula is C41H70N3O36P-2. The first-order valence-electron chi connectivity index (χ1n) is 24.9. The summed E-state index contributed by atoms with van der Waals surface area (Å²) in [6.07, 6.45) is -59.6. The van der Waals surface area contributed by atoms with Gasteiger partial charge in [0.2, 0.25) is 0 Å². The van der Waals surface area contributed by atoms with E-state index in [4.69, 9.17) is 62.7 Å². The molecule has 0 aromatic carbocycles. The van der Waals surface area contributed by atoms with E-state index >= 15 is 0 Å². The molecule has 2 amide bonds. The number of ether oxygens (including phenoxy) is 12. The van der Waals surface area contributed by atoms with E-state index in [2.05, 4.69) is 9.36 Å². The van der Waals surface area contributed by atoms with Crippen LogP contribution in [0.3, 0.4) is 0 Å². The molecule has 21 N–H and O–H groups in total. The lowest BCUT2D eigenvalue weighted by atomic mass is 9.96. The summed E-state index contributed by atoms with van der Waals surface area (Å²) in [5.74, 6) is 2.76. The zero-order valence-corrected chi connectivity index (χ0v) is 43.3. The molecule has 12 unspecified atom stereocenters. The Morgan fingerprint density at radius 1 is 0.432 bits per heavy atom. The second kappa shape index (κ2) is 29.9. The Morgan fingerprint density at radius 2 is 0.802 bits per heavy atom. The summed E-state index contributed by atoms with van der Waals surface area (Å²) < 4.78 is 82.9. The van der Waals surface area contributed by atoms with Gasteiger partial charge in [0.05, 0.1) is 47.0 Å². The van der Waals surface area contributed by atoms with Crippen molar-refractivity contribution in [3.8, 4) is 0 Å². The van der Waals surface area contributed by atoms with Gasteiger partial charge in [-0.1, -0.05) is 6.92 Å². The molecule has 6 aliphatic heterocycles. The Morgan fingerprint density at radius 3 is 1.30 bits per heavy atom. The standard InChI is InChI=1S/C41H72N3O36P/c1-2-10-18(49)24(55)30(61)38(72-10)79-34-27(58)19(50)11(3-45)73-40(34)68-5-13-21(52)25(56)29(60)36(75-13)67-6-14-23(54)33(32(63)37(76-14)69-8-16(47)43-44-17(48)9-70-42)78-41-35(28(59)20(51)12(4-46)74-41)80-39-31(62)26(57)22(53)15(77-39)7-71-81(64,65)66/h10-15,18-41,45-46,49-63H,2-9,42H2,1H3,(H,43,47)(H,44,48)(H2,64,65,66)/p-2/t10?,11?,12?,13?,14?,15?,18-,19-,20-,21-,22-,23-,24+,25+,26+,27+,28+,29?,30?,31?,32?,33+,34?,35?,36+,37-,38+,39-,40+,41+/m1/s1. The molecule has 0 bridgehead atoms. The molecule has 6 fully saturated rings. The predicted molar refractivity (Wildman–Crippen MR) is 239 cm³/mol. The average Bonchev–Trinajstić information content (AvgIpc) is 3.57. The first-order chi connectivity index (χ1) is 38.2. The maximum absolute atomic E-state index is 12.7. The molecular weight excluding hydrogens is 1140 g/mol. The van der Waals surface area contributed by atoms with Gasteiger partial charge < -0.3 is 163 Å². The number of carbonyl (C=O) groups excluding carboxylic acids is 2. The molecule has 0 aromatic heterocycles. The lowest BCUT2D eigenvalue weighted by Gasteiger charge is -2.49. The lowest BCUT2D eigenvalue weighted by molar-refractivity contribution is -0.391. The molecule has 472 valence electrons. The van der Waals surface area contributed by atoms with Crippen molar-refractivity contribution < 1.29 is 177 Å². The highest BCUT2D eigenvalue weighted by Crippen LogP contribution is 2.36. The van der Waals surface area contributed by atoms with Gasteiger partial charge in [0, 0.05) is 0 Å². The van der Waals surface area contributed by atoms with E-state index < -0.39 is 250 Å². The number of rotatable bonds is 23. The van der Waals surface area contributed by atoms with Crippen molar-refractivity contribution in [1.29, 1.82) is 0 Å². The highest BCUT2D eigenvalue weighted by Gasteiger charge is 2.56. The fourth-order valence-electron chi connectivity index (χ4n) is 9.16. The van der Waals surface area contributed by atoms with Crippen molar-refractivity contribution in [1.82, 2.24) is 10.9 Å². The van der Waals surface area contributed by atoms with Crippen LogP contribution >= 0.6 is 7.82 Å². The number of hydrazine groups is 1. The fraction of sp³-hybridized carbons (Fsp3) is 0.951. The molecule has 0 saturated carbocycles. The van der Waals surface area contributed by atoms with Crippen molar-refractivity contribution >= 4 is 19.6 Å². The van der Waals surface area contributed by atoms with Crippen LogP contribution in [0.25, 0.3) is 0 Å². The Kier molecular flexibility index (Phi) is 25.1. The second-order valence-electron chi connectivity index (χ2n) is 19.3. The fourth-order valence-corrected chi connectivity index (χ4v) is 9.49. The van der Waals surface area contributed by atoms with Crippen LogP contribution < -0.4 is 26.5 Å². The normalized spacial score (nSPS) is 46.2. The summed E-state index contributed by atoms with van der Waals surface area (Å²) in [7, 11) is -5.73. The third kappa shape index (κ3) is 16.5. The second-order valence-corrected chi connectivity index (χ2v) is 20.5. The van der Waals surface area contributed by atoms with Crippen LogP contribution in [0.4, 0.5) is 0 Å². The number of carbonyl (C=O) groups is 2. The van der Waals surface area contributed by atoms with E-state index in [-0.39, 0.29) is 6.42 Å². The average molecular weight is 1210 g/mol. The number of nitrogens with two attached hydrogens (primary N) is 1. The summed E-state index contributed by atoms with van der Waals surface area (Å²) in [5, 5.41) is 183. The van der Waals surface area contributed by atoms with Crippen molar-refractivity contribution in [2.75, 3.05) is 46.2 Å². The monoisotopic (exact) mass is 1210 g/mol. The minimum absolute atomic E-state index is 0.102. The van der Waals surface area contributed by atoms with E-state index in [1.54, 1.807) is 6.92 Å². The number of nitrogens with one attached hydrogen (secondary N) is 2. The van der Waals surface area contributed by atoms with Gasteiger partial charge in [-0.05, 0) is 6.42 Å². The molecule has 40 heteroatoms. The Balaban J connectivity index is 1.21. The summed E-state index contributed by atoms with van der Waals surface area (Å²) in [4.78, 5) is 50.9. The van der Waals surface area contributed by atoms with Crippen LogP contribution in [-0.4, -0.2) is 329 Å². The molecule has 0 radical (unpaired) electrons. The lowest BCUT2D eigenvalue weighted by Crippen LogP contribution is -2.67. The molecule has 0 aromatic rings. The molecule has 30 atom stereocenters. The van der Waals surface area contributed by atoms with Gasteiger partial charge in [-0.15, -0.1) is 0 Å². The molecule has 6 rings (SSSR count). The third-order valence-electron chi connectivity index (χ3n) is 13.8. The highest BCUT2D eigenvalue weighted by molar-refractivity contribution is 7.43. The Bertz CT molecular complexity index is 2010. The largest absolute Gasteiger partial charge is 0.790 e. The van der Waals surface area contributed by atoms with Crippen molar-refractivity contribution in [3.05, 3.63) is 0 Å². The van der Waals surface area contributed by atoms with Crippen LogP contribution in [0, 0.1) is 0 Å². The van der Waals surface area contributed by atoms with Gasteiger partial charge in [-0.3, -0.25) is 25.3 Å². The zero-order chi connectivity index (χ0) is 59.9. The zero-order valence-electron chi connectivity index (χ0n) is 42.4. The van der Waals surface area contributed by atoms with Crippen LogP contribution in [0.2, 0.25) is 0 Å². The quantitative estimate of drug-likeness (QED) is 0.0334. The topological polar surface area (TPSA) is 621 Å². The molecule has 0 spiro atoms. The molecule has 6 aliphatic rings. The number of aliphatic hydroxyl groups excluding tert-OH is 17. The Labute approximate surface area is 456 Å². The summed E-state index contributed by atoms with van der Waals surface area (Å²) >= 11 is 0. The van der Waals surface area contributed by atoms with Crippen molar-refractivity contribution in [2.45, 2.75) is 198 Å². The van der Waals surface area contributed by atoms with Crippen LogP contribution in [0.1, 0.15) is 13.3 Å². The number of phosphoric ester groups is 1. The molecule has 0 aliphatic carbocycles. The van der Waals surface area contributed by atoms with Gasteiger partial charge in [0.25, 0.3) is 11.8 Å². The van der Waals surface area contributed by atoms with Crippen LogP contribution in [0.5, 0.6) is 0 Å². The van der Waals surface area contributed by atoms with Gasteiger partial charge in [0.1, 0.15) is 154 Å².